The predicted molar refractivity (Wildman–Crippen MR) is 83.3 cm³/mol. The summed E-state index contributed by atoms with van der Waals surface area (Å²) in [6, 6.07) is 10.2. The van der Waals surface area contributed by atoms with Crippen molar-refractivity contribution in [3.05, 3.63) is 30.3 Å². The van der Waals surface area contributed by atoms with E-state index in [1.165, 1.54) is 4.90 Å². The molecule has 1 aromatic carbocycles. The fourth-order valence-corrected chi connectivity index (χ4v) is 3.20. The van der Waals surface area contributed by atoms with Crippen LogP contribution in [0.3, 0.4) is 0 Å². The number of nitrogens with zero attached hydrogens (tertiary/aromatic N) is 1. The van der Waals surface area contributed by atoms with E-state index in [-0.39, 0.29) is 17.7 Å². The molecule has 0 bridgehead atoms. The van der Waals surface area contributed by atoms with Crippen LogP contribution in [0, 0.1) is 11.8 Å². The molecule has 4 nitrogen and oxygen atoms in total. The molecule has 1 saturated heterocycles. The number of likely N-dealkylation sites (tertiary alicyclic amines) is 1. The highest BCUT2D eigenvalue weighted by Gasteiger charge is 2.36. The molecular formula is C16H21NO3S. The molecule has 1 heterocycles. The Kier molecular flexibility index (Phi) is 5.67. The number of thioether (sulfide) groups is 1. The minimum atomic E-state index is -0.772. The van der Waals surface area contributed by atoms with E-state index in [0.717, 1.165) is 12.2 Å². The third kappa shape index (κ3) is 4.49. The zero-order chi connectivity index (χ0) is 15.2. The van der Waals surface area contributed by atoms with Gasteiger partial charge in [0.2, 0.25) is 5.91 Å². The molecule has 0 aliphatic carbocycles. The monoisotopic (exact) mass is 307 g/mol. The summed E-state index contributed by atoms with van der Waals surface area (Å²) in [5.74, 6) is 0.0649. The van der Waals surface area contributed by atoms with Gasteiger partial charge in [0.25, 0.3) is 0 Å². The first-order valence-electron chi connectivity index (χ1n) is 7.26. The van der Waals surface area contributed by atoms with Crippen molar-refractivity contribution in [1.82, 2.24) is 4.90 Å². The van der Waals surface area contributed by atoms with Crippen molar-refractivity contribution in [3.8, 4) is 0 Å². The maximum absolute atomic E-state index is 11.9. The minimum Gasteiger partial charge on any atom is -0.481 e. The second-order valence-corrected chi connectivity index (χ2v) is 6.62. The molecule has 2 rings (SSSR count). The van der Waals surface area contributed by atoms with Gasteiger partial charge >= 0.3 is 5.97 Å². The lowest BCUT2D eigenvalue weighted by molar-refractivity contribution is -0.150. The van der Waals surface area contributed by atoms with Crippen LogP contribution in [0.4, 0.5) is 0 Å². The van der Waals surface area contributed by atoms with Crippen molar-refractivity contribution in [2.75, 3.05) is 18.8 Å². The topological polar surface area (TPSA) is 57.6 Å². The quantitative estimate of drug-likeness (QED) is 0.621. The van der Waals surface area contributed by atoms with Gasteiger partial charge in [0.1, 0.15) is 0 Å². The van der Waals surface area contributed by atoms with Crippen molar-refractivity contribution in [1.29, 1.82) is 0 Å². The maximum Gasteiger partial charge on any atom is 0.306 e. The zero-order valence-electron chi connectivity index (χ0n) is 12.2. The van der Waals surface area contributed by atoms with E-state index in [1.807, 2.05) is 18.2 Å². The lowest BCUT2D eigenvalue weighted by Crippen LogP contribution is -2.53. The molecule has 1 fully saturated rings. The Labute approximate surface area is 129 Å². The Hall–Kier alpha value is -1.49. The molecular weight excluding hydrogens is 286 g/mol. The van der Waals surface area contributed by atoms with Crippen LogP contribution in [0.25, 0.3) is 0 Å². The van der Waals surface area contributed by atoms with Crippen molar-refractivity contribution in [2.24, 2.45) is 11.8 Å². The normalized spacial score (nSPS) is 16.3. The van der Waals surface area contributed by atoms with Gasteiger partial charge in [-0.2, -0.15) is 0 Å². The van der Waals surface area contributed by atoms with Crippen LogP contribution in [-0.4, -0.2) is 40.7 Å². The van der Waals surface area contributed by atoms with Crippen LogP contribution < -0.4 is 0 Å². The smallest absolute Gasteiger partial charge is 0.306 e. The van der Waals surface area contributed by atoms with E-state index >= 15 is 0 Å². The van der Waals surface area contributed by atoms with Gasteiger partial charge in [-0.1, -0.05) is 25.1 Å². The van der Waals surface area contributed by atoms with Gasteiger partial charge in [0.15, 0.2) is 0 Å². The number of rotatable bonds is 7. The molecule has 1 aliphatic heterocycles. The summed E-state index contributed by atoms with van der Waals surface area (Å²) in [6.45, 7) is 2.90. The van der Waals surface area contributed by atoms with Crippen molar-refractivity contribution < 1.29 is 14.7 Å². The first-order valence-corrected chi connectivity index (χ1v) is 8.25. The van der Waals surface area contributed by atoms with Crippen LogP contribution in [0.1, 0.15) is 19.8 Å². The Balaban J connectivity index is 1.60. The molecule has 1 aliphatic rings. The number of hydrogen-bond acceptors (Lipinski definition) is 3. The largest absolute Gasteiger partial charge is 0.481 e. The number of amides is 1. The third-order valence-electron chi connectivity index (χ3n) is 3.91. The van der Waals surface area contributed by atoms with Gasteiger partial charge in [0.05, 0.1) is 5.92 Å². The molecule has 0 spiro atoms. The summed E-state index contributed by atoms with van der Waals surface area (Å²) in [4.78, 5) is 25.8. The average molecular weight is 307 g/mol. The van der Waals surface area contributed by atoms with Crippen molar-refractivity contribution in [3.63, 3.8) is 0 Å². The van der Waals surface area contributed by atoms with Gasteiger partial charge in [-0.15, -0.1) is 11.8 Å². The van der Waals surface area contributed by atoms with E-state index in [9.17, 15) is 9.59 Å². The number of carbonyl (C=O) groups is 2. The molecule has 0 saturated carbocycles. The van der Waals surface area contributed by atoms with Gasteiger partial charge in [-0.05, 0) is 24.3 Å². The molecule has 21 heavy (non-hydrogen) atoms. The zero-order valence-corrected chi connectivity index (χ0v) is 13.0. The number of aliphatic carboxylic acids is 1. The average Bonchev–Trinajstić information content (AvgIpc) is 2.43. The highest BCUT2D eigenvalue weighted by Crippen LogP contribution is 2.25. The molecule has 114 valence electrons. The first kappa shape index (κ1) is 15.9. The Morgan fingerprint density at radius 2 is 2.00 bits per heavy atom. The second-order valence-electron chi connectivity index (χ2n) is 5.45. The van der Waals surface area contributed by atoms with Crippen LogP contribution in [0.15, 0.2) is 35.2 Å². The maximum atomic E-state index is 11.9. The molecule has 1 atom stereocenters. The number of carboxylic acid groups (broad SMARTS) is 1. The highest BCUT2D eigenvalue weighted by molar-refractivity contribution is 7.99. The van der Waals surface area contributed by atoms with Crippen LogP contribution >= 0.6 is 11.8 Å². The molecule has 1 N–H and O–H groups in total. The molecule has 0 radical (unpaired) electrons. The van der Waals surface area contributed by atoms with Gasteiger partial charge < -0.3 is 10.0 Å². The SMILES string of the molecule is CC(C(=O)O)C1CN(C(=O)CCCSc2ccccc2)C1. The predicted octanol–water partition coefficient (Wildman–Crippen LogP) is 2.74. The molecule has 1 unspecified atom stereocenters. The van der Waals surface area contributed by atoms with Crippen molar-refractivity contribution in [2.45, 2.75) is 24.7 Å². The number of carbonyl (C=O) groups excluding carboxylic acids is 1. The van der Waals surface area contributed by atoms with Gasteiger partial charge in [-0.25, -0.2) is 0 Å². The Bertz CT molecular complexity index is 486. The van der Waals surface area contributed by atoms with Crippen molar-refractivity contribution >= 4 is 23.6 Å². The first-order chi connectivity index (χ1) is 10.1. The molecule has 0 aromatic heterocycles. The van der Waals surface area contributed by atoms with E-state index in [0.29, 0.717) is 19.5 Å². The molecule has 1 amide bonds. The number of benzene rings is 1. The van der Waals surface area contributed by atoms with Gasteiger partial charge in [-0.3, -0.25) is 9.59 Å². The lowest BCUT2D eigenvalue weighted by Gasteiger charge is -2.41. The second kappa shape index (κ2) is 7.50. The standard InChI is InChI=1S/C16H21NO3S/c1-12(16(19)20)13-10-17(11-13)15(18)8-5-9-21-14-6-3-2-4-7-14/h2-4,6-7,12-13H,5,8-11H2,1H3,(H,19,20). The summed E-state index contributed by atoms with van der Waals surface area (Å²) in [6.07, 6.45) is 1.40. The molecule has 1 aromatic rings. The number of carboxylic acids is 1. The van der Waals surface area contributed by atoms with E-state index in [2.05, 4.69) is 12.1 Å². The fraction of sp³-hybridized carbons (Fsp3) is 0.500. The molecule has 5 heteroatoms. The summed E-state index contributed by atoms with van der Waals surface area (Å²) in [7, 11) is 0. The summed E-state index contributed by atoms with van der Waals surface area (Å²) in [5.41, 5.74) is 0. The minimum absolute atomic E-state index is 0.116. The van der Waals surface area contributed by atoms with E-state index in [4.69, 9.17) is 5.11 Å². The third-order valence-corrected chi connectivity index (χ3v) is 5.00. The summed E-state index contributed by atoms with van der Waals surface area (Å²) < 4.78 is 0. The Morgan fingerprint density at radius 1 is 1.33 bits per heavy atom. The van der Waals surface area contributed by atoms with E-state index in [1.54, 1.807) is 23.6 Å². The van der Waals surface area contributed by atoms with Crippen LogP contribution in [-0.2, 0) is 9.59 Å². The van der Waals surface area contributed by atoms with Gasteiger partial charge in [0, 0.05) is 30.3 Å². The van der Waals surface area contributed by atoms with Crippen LogP contribution in [0.2, 0.25) is 0 Å². The summed E-state index contributed by atoms with van der Waals surface area (Å²) in [5, 5.41) is 8.92. The Morgan fingerprint density at radius 3 is 2.62 bits per heavy atom. The number of hydrogen-bond donors (Lipinski definition) is 1. The highest BCUT2D eigenvalue weighted by atomic mass is 32.2. The van der Waals surface area contributed by atoms with E-state index < -0.39 is 5.97 Å². The van der Waals surface area contributed by atoms with Crippen LogP contribution in [0.5, 0.6) is 0 Å². The summed E-state index contributed by atoms with van der Waals surface area (Å²) >= 11 is 1.76. The fourth-order valence-electron chi connectivity index (χ4n) is 2.32. The lowest BCUT2D eigenvalue weighted by atomic mass is 9.87.